The summed E-state index contributed by atoms with van der Waals surface area (Å²) in [5, 5.41) is 5.83. The normalized spacial score (nSPS) is 20.7. The summed E-state index contributed by atoms with van der Waals surface area (Å²) in [6.07, 6.45) is 3.58. The van der Waals surface area contributed by atoms with Crippen LogP contribution in [0.4, 0.5) is 21.6 Å². The van der Waals surface area contributed by atoms with E-state index in [0.717, 1.165) is 24.8 Å². The summed E-state index contributed by atoms with van der Waals surface area (Å²) < 4.78 is 38.4. The van der Waals surface area contributed by atoms with Crippen LogP contribution in [0.2, 0.25) is 0 Å². The lowest BCUT2D eigenvalue weighted by Gasteiger charge is -2.26. The molecule has 0 unspecified atom stereocenters. The number of alkyl halides is 1. The average molecular weight is 458 g/mol. The first-order chi connectivity index (χ1) is 15.2. The Hall–Kier alpha value is -3.01. The van der Waals surface area contributed by atoms with Gasteiger partial charge in [-0.2, -0.15) is 0 Å². The zero-order chi connectivity index (χ0) is 22.6. The van der Waals surface area contributed by atoms with Crippen molar-refractivity contribution in [2.75, 3.05) is 16.9 Å². The third-order valence-electron chi connectivity index (χ3n) is 6.12. The van der Waals surface area contributed by atoms with Crippen LogP contribution in [0.3, 0.4) is 0 Å². The van der Waals surface area contributed by atoms with Crippen LogP contribution >= 0.6 is 0 Å². The quantitative estimate of drug-likeness (QED) is 0.516. The number of imidazole rings is 1. The minimum Gasteiger partial charge on any atom is -0.352 e. The third kappa shape index (κ3) is 3.94. The molecule has 10 heteroatoms. The molecule has 2 saturated carbocycles. The van der Waals surface area contributed by atoms with Crippen molar-refractivity contribution < 1.29 is 17.6 Å². The van der Waals surface area contributed by atoms with Crippen LogP contribution in [0.15, 0.2) is 29.2 Å². The predicted octanol–water partition coefficient (Wildman–Crippen LogP) is 3.98. The molecular formula is C22H24FN5O3S. The number of hydrogen-bond donors (Lipinski definition) is 3. The summed E-state index contributed by atoms with van der Waals surface area (Å²) in [5.74, 6) is 0.180. The first kappa shape index (κ1) is 20.9. The number of amides is 1. The smallest absolute Gasteiger partial charge is 0.231 e. The number of sulfone groups is 1. The van der Waals surface area contributed by atoms with Crippen LogP contribution in [0.5, 0.6) is 0 Å². The zero-order valence-corrected chi connectivity index (χ0v) is 18.6. The fourth-order valence-electron chi connectivity index (χ4n) is 4.01. The summed E-state index contributed by atoms with van der Waals surface area (Å²) >= 11 is 0. The van der Waals surface area contributed by atoms with Crippen LogP contribution < -0.4 is 10.6 Å². The number of hydrogen-bond acceptors (Lipinski definition) is 6. The Kier molecular flexibility index (Phi) is 4.92. The highest BCUT2D eigenvalue weighted by atomic mass is 32.2. The van der Waals surface area contributed by atoms with Crippen LogP contribution in [0.1, 0.15) is 43.0 Å². The van der Waals surface area contributed by atoms with Crippen molar-refractivity contribution in [2.45, 2.75) is 49.6 Å². The average Bonchev–Trinajstić information content (AvgIpc) is 3.28. The van der Waals surface area contributed by atoms with E-state index in [2.05, 4.69) is 25.6 Å². The molecule has 168 valence electrons. The van der Waals surface area contributed by atoms with E-state index < -0.39 is 27.8 Å². The van der Waals surface area contributed by atoms with Gasteiger partial charge in [-0.15, -0.1) is 0 Å². The molecule has 2 aliphatic rings. The molecule has 2 aromatic heterocycles. The number of anilines is 3. The van der Waals surface area contributed by atoms with Crippen molar-refractivity contribution in [2.24, 2.45) is 5.92 Å². The molecular weight excluding hydrogens is 433 g/mol. The highest BCUT2D eigenvalue weighted by Crippen LogP contribution is 2.39. The number of aryl methyl sites for hydroxylation is 1. The number of fused-ring (bicyclic) bond motifs is 1. The molecule has 0 radical (unpaired) electrons. The second-order valence-electron chi connectivity index (χ2n) is 8.70. The van der Waals surface area contributed by atoms with E-state index in [-0.39, 0.29) is 17.1 Å². The minimum absolute atomic E-state index is 0.211. The van der Waals surface area contributed by atoms with Crippen molar-refractivity contribution >= 4 is 44.1 Å². The van der Waals surface area contributed by atoms with Gasteiger partial charge >= 0.3 is 0 Å². The topological polar surface area (TPSA) is 117 Å². The number of H-pyrrole nitrogens is 1. The monoisotopic (exact) mass is 457 g/mol. The maximum atomic E-state index is 13.3. The van der Waals surface area contributed by atoms with Gasteiger partial charge in [0.1, 0.15) is 23.3 Å². The van der Waals surface area contributed by atoms with Gasteiger partial charge < -0.3 is 15.6 Å². The van der Waals surface area contributed by atoms with Crippen LogP contribution in [-0.2, 0) is 14.6 Å². The molecule has 2 fully saturated rings. The number of pyridine rings is 1. The number of carbonyl (C=O) groups excluding carboxylic acids is 1. The van der Waals surface area contributed by atoms with Gasteiger partial charge in [0.15, 0.2) is 15.5 Å². The molecule has 0 aliphatic heterocycles. The number of nitrogens with zero attached hydrogens (tertiary/aromatic N) is 2. The molecule has 32 heavy (non-hydrogen) atoms. The fourth-order valence-corrected chi connectivity index (χ4v) is 4.88. The molecule has 1 aromatic carbocycles. The van der Waals surface area contributed by atoms with E-state index in [1.54, 1.807) is 25.1 Å². The second kappa shape index (κ2) is 7.54. The van der Waals surface area contributed by atoms with Crippen LogP contribution in [0, 0.1) is 12.8 Å². The molecule has 3 N–H and O–H groups in total. The van der Waals surface area contributed by atoms with E-state index in [4.69, 9.17) is 0 Å². The van der Waals surface area contributed by atoms with Gasteiger partial charge in [0.2, 0.25) is 5.91 Å². The predicted molar refractivity (Wildman–Crippen MR) is 120 cm³/mol. The Morgan fingerprint density at radius 1 is 1.19 bits per heavy atom. The van der Waals surface area contributed by atoms with E-state index in [1.165, 1.54) is 6.26 Å². The molecule has 3 aromatic rings. The van der Waals surface area contributed by atoms with Crippen molar-refractivity contribution in [3.05, 3.63) is 35.7 Å². The molecule has 0 bridgehead atoms. The van der Waals surface area contributed by atoms with Gasteiger partial charge in [0.05, 0.1) is 22.2 Å². The summed E-state index contributed by atoms with van der Waals surface area (Å²) in [7, 11) is -3.50. The summed E-state index contributed by atoms with van der Waals surface area (Å²) in [4.78, 5) is 24.3. The summed E-state index contributed by atoms with van der Waals surface area (Å²) in [6.45, 7) is 1.77. The maximum Gasteiger partial charge on any atom is 0.231 e. The van der Waals surface area contributed by atoms with Crippen LogP contribution in [-0.4, -0.2) is 41.7 Å². The SMILES string of the molecule is Cc1nc2c(Nc3ccc(C4CCC4)cc3S(C)(=O)=O)cc(NC(=O)[C@H]3C[C@H]3F)nc2[nH]1. The Morgan fingerprint density at radius 2 is 1.94 bits per heavy atom. The number of benzene rings is 1. The van der Waals surface area contributed by atoms with Gasteiger partial charge in [-0.25, -0.2) is 22.8 Å². The Morgan fingerprint density at radius 3 is 2.56 bits per heavy atom. The van der Waals surface area contributed by atoms with E-state index in [1.807, 2.05) is 6.07 Å². The molecule has 0 spiro atoms. The molecule has 2 aliphatic carbocycles. The van der Waals surface area contributed by atoms with Gasteiger partial charge in [0, 0.05) is 12.3 Å². The summed E-state index contributed by atoms with van der Waals surface area (Å²) in [6, 6.07) is 7.05. The molecule has 1 amide bonds. The molecule has 8 nitrogen and oxygen atoms in total. The molecule has 2 heterocycles. The van der Waals surface area contributed by atoms with Gasteiger partial charge in [-0.3, -0.25) is 4.79 Å². The van der Waals surface area contributed by atoms with Crippen molar-refractivity contribution in [3.8, 4) is 0 Å². The molecule has 0 saturated heterocycles. The number of rotatable bonds is 6. The van der Waals surface area contributed by atoms with E-state index in [9.17, 15) is 17.6 Å². The minimum atomic E-state index is -3.50. The number of aromatic amines is 1. The van der Waals surface area contributed by atoms with Gasteiger partial charge in [-0.05, 0) is 49.8 Å². The standard InChI is InChI=1S/C22H24FN5O3S/c1-11-24-20-17(10-19(27-21(20)25-11)28-22(29)14-9-15(14)23)26-16-7-6-13(12-4-3-5-12)8-18(16)32(2,30)31/h6-8,10,12,14-15H,3-5,9H2,1-2H3,(H3,24,25,26,27,28,29)/t14-,15+/m0/s1. The Bertz CT molecular complexity index is 1330. The van der Waals surface area contributed by atoms with E-state index >= 15 is 0 Å². The van der Waals surface area contributed by atoms with Gasteiger partial charge in [0.25, 0.3) is 0 Å². The fraction of sp³-hybridized carbons (Fsp3) is 0.409. The highest BCUT2D eigenvalue weighted by Gasteiger charge is 2.43. The molecule has 2 atom stereocenters. The highest BCUT2D eigenvalue weighted by molar-refractivity contribution is 7.90. The van der Waals surface area contributed by atoms with Crippen LogP contribution in [0.25, 0.3) is 11.2 Å². The number of nitrogens with one attached hydrogen (secondary N) is 3. The molecule has 5 rings (SSSR count). The first-order valence-corrected chi connectivity index (χ1v) is 12.5. The third-order valence-corrected chi connectivity index (χ3v) is 7.26. The first-order valence-electron chi connectivity index (χ1n) is 10.6. The lowest BCUT2D eigenvalue weighted by molar-refractivity contribution is -0.117. The number of aromatic nitrogens is 3. The lowest BCUT2D eigenvalue weighted by Crippen LogP contribution is -2.16. The zero-order valence-electron chi connectivity index (χ0n) is 17.8. The largest absolute Gasteiger partial charge is 0.352 e. The lowest BCUT2D eigenvalue weighted by atomic mass is 9.80. The second-order valence-corrected chi connectivity index (χ2v) is 10.7. The summed E-state index contributed by atoms with van der Waals surface area (Å²) in [5.41, 5.74) is 2.88. The van der Waals surface area contributed by atoms with Crippen molar-refractivity contribution in [3.63, 3.8) is 0 Å². The van der Waals surface area contributed by atoms with E-state index in [0.29, 0.717) is 34.3 Å². The number of carbonyl (C=O) groups is 1. The maximum absolute atomic E-state index is 13.3. The Balaban J connectivity index is 1.53. The van der Waals surface area contributed by atoms with Gasteiger partial charge in [-0.1, -0.05) is 12.5 Å². The Labute approximate surface area is 185 Å². The van der Waals surface area contributed by atoms with Crippen molar-refractivity contribution in [1.29, 1.82) is 0 Å². The number of halogens is 1. The van der Waals surface area contributed by atoms with Crippen molar-refractivity contribution in [1.82, 2.24) is 15.0 Å².